The van der Waals surface area contributed by atoms with Gasteiger partial charge < -0.3 is 15.0 Å². The van der Waals surface area contributed by atoms with Crippen LogP contribution < -0.4 is 10.2 Å². The van der Waals surface area contributed by atoms with E-state index in [0.717, 1.165) is 39.8 Å². The van der Waals surface area contributed by atoms with Gasteiger partial charge in [-0.05, 0) is 36.5 Å². The van der Waals surface area contributed by atoms with Crippen LogP contribution in [0.3, 0.4) is 0 Å². The number of nitrogens with one attached hydrogen (secondary N) is 1. The number of ether oxygens (including phenoxy) is 1. The highest BCUT2D eigenvalue weighted by Crippen LogP contribution is 2.52. The van der Waals surface area contributed by atoms with Gasteiger partial charge in [-0.15, -0.1) is 0 Å². The van der Waals surface area contributed by atoms with Crippen molar-refractivity contribution in [3.8, 4) is 0 Å². The van der Waals surface area contributed by atoms with Crippen molar-refractivity contribution in [2.24, 2.45) is 23.7 Å². The quantitative estimate of drug-likeness (QED) is 0.579. The number of thiazole rings is 1. The number of benzene rings is 1. The number of rotatable bonds is 4. The second-order valence-electron chi connectivity index (χ2n) is 8.59. The van der Waals surface area contributed by atoms with Crippen molar-refractivity contribution in [2.45, 2.75) is 6.42 Å². The summed E-state index contributed by atoms with van der Waals surface area (Å²) in [6.07, 6.45) is 4.99. The molecule has 2 aliphatic heterocycles. The number of carbonyl (C=O) groups is 3. The van der Waals surface area contributed by atoms with E-state index >= 15 is 0 Å². The van der Waals surface area contributed by atoms with E-state index in [1.807, 2.05) is 12.1 Å². The molecule has 4 aliphatic rings. The smallest absolute Gasteiger partial charge is 0.244 e. The molecule has 4 unspecified atom stereocenters. The summed E-state index contributed by atoms with van der Waals surface area (Å²) in [5, 5.41) is 3.79. The summed E-state index contributed by atoms with van der Waals surface area (Å²) in [5.74, 6) is -1.02. The van der Waals surface area contributed by atoms with Crippen LogP contribution in [0.5, 0.6) is 0 Å². The monoisotopic (exact) mass is 438 g/mol. The molecule has 6 rings (SSSR count). The number of allylic oxidation sites excluding steroid dienone is 2. The summed E-state index contributed by atoms with van der Waals surface area (Å²) < 4.78 is 6.38. The standard InChI is InChI=1S/C22H22N4O4S/c27-17(11-26-20(28)18-12-1-2-13(9-12)19(18)21(26)29)23-14-3-4-15-16(10-14)31-22(24-15)25-5-7-30-8-6-25/h1-4,10,12-13,18-19H,5-9,11H2,(H,23,27). The first-order valence-electron chi connectivity index (χ1n) is 10.7. The van der Waals surface area contributed by atoms with E-state index in [1.165, 1.54) is 0 Å². The maximum Gasteiger partial charge on any atom is 0.244 e. The molecule has 0 radical (unpaired) electrons. The summed E-state index contributed by atoms with van der Waals surface area (Å²) in [4.78, 5) is 46.2. The predicted molar refractivity (Wildman–Crippen MR) is 116 cm³/mol. The third kappa shape index (κ3) is 3.06. The molecule has 160 valence electrons. The molecule has 2 bridgehead atoms. The van der Waals surface area contributed by atoms with Gasteiger partial charge in [0, 0.05) is 18.8 Å². The Morgan fingerprint density at radius 3 is 2.55 bits per heavy atom. The first-order valence-corrected chi connectivity index (χ1v) is 11.5. The topological polar surface area (TPSA) is 91.8 Å². The SMILES string of the molecule is O=C(CN1C(=O)C2C3C=CC(C3)C2C1=O)Nc1ccc2nc(N3CCOCC3)sc2c1. The van der Waals surface area contributed by atoms with Crippen LogP contribution in [-0.2, 0) is 19.1 Å². The van der Waals surface area contributed by atoms with Gasteiger partial charge in [-0.1, -0.05) is 23.5 Å². The van der Waals surface area contributed by atoms with Gasteiger partial charge >= 0.3 is 0 Å². The average molecular weight is 439 g/mol. The molecule has 1 aromatic carbocycles. The van der Waals surface area contributed by atoms with Gasteiger partial charge in [0.2, 0.25) is 17.7 Å². The fraction of sp³-hybridized carbons (Fsp3) is 0.455. The fourth-order valence-corrected chi connectivity index (χ4v) is 6.40. The fourth-order valence-electron chi connectivity index (χ4n) is 5.34. The van der Waals surface area contributed by atoms with Gasteiger partial charge in [0.25, 0.3) is 0 Å². The first-order chi connectivity index (χ1) is 15.1. The van der Waals surface area contributed by atoms with E-state index in [4.69, 9.17) is 4.74 Å². The van der Waals surface area contributed by atoms with Crippen LogP contribution in [0.4, 0.5) is 10.8 Å². The number of amides is 3. The Morgan fingerprint density at radius 1 is 1.13 bits per heavy atom. The van der Waals surface area contributed by atoms with E-state index in [2.05, 4.69) is 27.4 Å². The maximum absolute atomic E-state index is 12.8. The van der Waals surface area contributed by atoms with Crippen molar-refractivity contribution in [3.05, 3.63) is 30.4 Å². The third-order valence-electron chi connectivity index (χ3n) is 6.81. The molecule has 3 heterocycles. The van der Waals surface area contributed by atoms with Gasteiger partial charge in [-0.25, -0.2) is 4.98 Å². The minimum absolute atomic E-state index is 0.147. The Labute approximate surface area is 182 Å². The molecule has 31 heavy (non-hydrogen) atoms. The van der Waals surface area contributed by atoms with Gasteiger partial charge in [-0.3, -0.25) is 19.3 Å². The molecule has 9 heteroatoms. The van der Waals surface area contributed by atoms with Crippen molar-refractivity contribution in [3.63, 3.8) is 0 Å². The van der Waals surface area contributed by atoms with Crippen LogP contribution >= 0.6 is 11.3 Å². The minimum atomic E-state index is -0.362. The number of carbonyl (C=O) groups excluding carboxylic acids is 3. The van der Waals surface area contributed by atoms with E-state index in [9.17, 15) is 14.4 Å². The Morgan fingerprint density at radius 2 is 1.84 bits per heavy atom. The number of hydrogen-bond donors (Lipinski definition) is 1. The van der Waals surface area contributed by atoms with E-state index in [0.29, 0.717) is 18.9 Å². The van der Waals surface area contributed by atoms with Crippen LogP contribution in [0.15, 0.2) is 30.4 Å². The Hall–Kier alpha value is -2.78. The molecule has 2 saturated heterocycles. The molecule has 1 saturated carbocycles. The first kappa shape index (κ1) is 18.9. The van der Waals surface area contributed by atoms with Crippen LogP contribution in [-0.4, -0.2) is 60.5 Å². The number of anilines is 2. The third-order valence-corrected chi connectivity index (χ3v) is 7.88. The van der Waals surface area contributed by atoms with E-state index in [1.54, 1.807) is 17.4 Å². The lowest BCUT2D eigenvalue weighted by Crippen LogP contribution is -2.39. The molecule has 3 amide bonds. The van der Waals surface area contributed by atoms with Crippen LogP contribution in [0.2, 0.25) is 0 Å². The van der Waals surface area contributed by atoms with Crippen LogP contribution in [0.25, 0.3) is 10.2 Å². The molecule has 1 aromatic heterocycles. The zero-order chi connectivity index (χ0) is 21.1. The summed E-state index contributed by atoms with van der Waals surface area (Å²) in [7, 11) is 0. The lowest BCUT2D eigenvalue weighted by atomic mass is 9.85. The van der Waals surface area contributed by atoms with Crippen LogP contribution in [0.1, 0.15) is 6.42 Å². The highest BCUT2D eigenvalue weighted by atomic mass is 32.1. The molecule has 8 nitrogen and oxygen atoms in total. The Bertz CT molecular complexity index is 1090. The lowest BCUT2D eigenvalue weighted by molar-refractivity contribution is -0.143. The number of aromatic nitrogens is 1. The summed E-state index contributed by atoms with van der Waals surface area (Å²) in [5.41, 5.74) is 1.51. The number of fused-ring (bicyclic) bond motifs is 6. The van der Waals surface area contributed by atoms with E-state index in [-0.39, 0.29) is 47.9 Å². The van der Waals surface area contributed by atoms with Gasteiger partial charge in [0.05, 0.1) is 35.3 Å². The van der Waals surface area contributed by atoms with Gasteiger partial charge in [-0.2, -0.15) is 0 Å². The molecular weight excluding hydrogens is 416 g/mol. The van der Waals surface area contributed by atoms with Crippen molar-refractivity contribution in [1.29, 1.82) is 0 Å². The maximum atomic E-state index is 12.8. The molecule has 4 atom stereocenters. The number of imide groups is 1. The number of morpholine rings is 1. The highest BCUT2D eigenvalue weighted by Gasteiger charge is 2.59. The molecular formula is C22H22N4O4S. The van der Waals surface area contributed by atoms with Crippen LogP contribution in [0, 0.1) is 23.7 Å². The average Bonchev–Trinajstić information content (AvgIpc) is 3.54. The zero-order valence-electron chi connectivity index (χ0n) is 16.8. The Balaban J connectivity index is 1.14. The summed E-state index contributed by atoms with van der Waals surface area (Å²) >= 11 is 1.58. The van der Waals surface area contributed by atoms with Gasteiger partial charge in [0.15, 0.2) is 5.13 Å². The summed E-state index contributed by atoms with van der Waals surface area (Å²) in [6.45, 7) is 2.81. The van der Waals surface area contributed by atoms with Crippen molar-refractivity contribution >= 4 is 50.1 Å². The summed E-state index contributed by atoms with van der Waals surface area (Å²) in [6, 6.07) is 5.57. The lowest BCUT2D eigenvalue weighted by Gasteiger charge is -2.25. The number of hydrogen-bond acceptors (Lipinski definition) is 7. The van der Waals surface area contributed by atoms with Crippen molar-refractivity contribution < 1.29 is 19.1 Å². The normalized spacial score (nSPS) is 29.3. The zero-order valence-corrected chi connectivity index (χ0v) is 17.6. The molecule has 1 N–H and O–H groups in total. The molecule has 2 aromatic rings. The number of likely N-dealkylation sites (tertiary alicyclic amines) is 1. The van der Waals surface area contributed by atoms with E-state index < -0.39 is 0 Å². The second-order valence-corrected chi connectivity index (χ2v) is 9.60. The molecule has 0 spiro atoms. The highest BCUT2D eigenvalue weighted by molar-refractivity contribution is 7.22. The minimum Gasteiger partial charge on any atom is -0.378 e. The largest absolute Gasteiger partial charge is 0.378 e. The van der Waals surface area contributed by atoms with Crippen molar-refractivity contribution in [2.75, 3.05) is 43.1 Å². The molecule has 3 fully saturated rings. The predicted octanol–water partition coefficient (Wildman–Crippen LogP) is 1.88. The second kappa shape index (κ2) is 7.13. The van der Waals surface area contributed by atoms with Gasteiger partial charge in [0.1, 0.15) is 6.54 Å². The van der Waals surface area contributed by atoms with Crippen molar-refractivity contribution in [1.82, 2.24) is 9.88 Å². The molecule has 2 aliphatic carbocycles. The Kier molecular flexibility index (Phi) is 4.36. The number of nitrogens with zero attached hydrogens (tertiary/aromatic N) is 3.